The van der Waals surface area contributed by atoms with Gasteiger partial charge in [-0.15, -0.1) is 0 Å². The third-order valence-corrected chi connectivity index (χ3v) is 5.19. The summed E-state index contributed by atoms with van der Waals surface area (Å²) in [5.74, 6) is 2.10. The van der Waals surface area contributed by atoms with E-state index in [1.165, 1.54) is 12.8 Å². The van der Waals surface area contributed by atoms with Gasteiger partial charge in [0.1, 0.15) is 17.3 Å². The minimum Gasteiger partial charge on any atom is -0.353 e. The van der Waals surface area contributed by atoms with Crippen molar-refractivity contribution >= 4 is 17.7 Å². The maximum atomic E-state index is 12.6. The Labute approximate surface area is 159 Å². The minimum atomic E-state index is -0.0926. The topological polar surface area (TPSA) is 87.1 Å². The van der Waals surface area contributed by atoms with E-state index in [9.17, 15) is 4.79 Å². The Morgan fingerprint density at radius 1 is 1.04 bits per heavy atom. The number of piperazine rings is 1. The van der Waals surface area contributed by atoms with Crippen LogP contribution in [0.4, 0.5) is 11.8 Å². The van der Waals surface area contributed by atoms with Gasteiger partial charge < -0.3 is 15.1 Å². The molecule has 3 heterocycles. The summed E-state index contributed by atoms with van der Waals surface area (Å²) in [7, 11) is 0. The predicted molar refractivity (Wildman–Crippen MR) is 103 cm³/mol. The van der Waals surface area contributed by atoms with Gasteiger partial charge in [0.05, 0.1) is 0 Å². The average molecular weight is 367 g/mol. The first kappa shape index (κ1) is 17.6. The van der Waals surface area contributed by atoms with Gasteiger partial charge in [0.2, 0.25) is 5.95 Å². The van der Waals surface area contributed by atoms with E-state index in [0.29, 0.717) is 11.5 Å². The van der Waals surface area contributed by atoms with Gasteiger partial charge in [0.25, 0.3) is 5.91 Å². The normalized spacial score (nSPS) is 18.0. The Morgan fingerprint density at radius 2 is 1.70 bits per heavy atom. The molecule has 2 fully saturated rings. The lowest BCUT2D eigenvalue weighted by atomic mass is 10.2. The van der Waals surface area contributed by atoms with Gasteiger partial charge >= 0.3 is 0 Å². The highest BCUT2D eigenvalue weighted by atomic mass is 16.1. The standard InChI is InChI=1S/C19H25N7O/c1-14-22-16(18(27)24-15-5-2-3-6-15)13-17(23-14)25-9-11-26(12-10-25)19-20-7-4-8-21-19/h4,7-8,13,15H,2-3,5-6,9-12H2,1H3,(H,24,27). The zero-order valence-electron chi connectivity index (χ0n) is 15.6. The number of aromatic nitrogens is 4. The van der Waals surface area contributed by atoms with E-state index < -0.39 is 0 Å². The molecular formula is C19H25N7O. The van der Waals surface area contributed by atoms with Crippen molar-refractivity contribution in [2.24, 2.45) is 0 Å². The molecule has 0 bridgehead atoms. The van der Waals surface area contributed by atoms with Gasteiger partial charge in [-0.25, -0.2) is 19.9 Å². The lowest BCUT2D eigenvalue weighted by Crippen LogP contribution is -2.47. The number of aryl methyl sites for hydroxylation is 1. The second-order valence-electron chi connectivity index (χ2n) is 7.14. The second kappa shape index (κ2) is 7.85. The number of hydrogen-bond acceptors (Lipinski definition) is 7. The monoisotopic (exact) mass is 367 g/mol. The van der Waals surface area contributed by atoms with Crippen LogP contribution in [-0.2, 0) is 0 Å². The van der Waals surface area contributed by atoms with Gasteiger partial charge in [0.15, 0.2) is 0 Å². The molecule has 8 heteroatoms. The summed E-state index contributed by atoms with van der Waals surface area (Å²) < 4.78 is 0. The number of anilines is 2. The first-order chi connectivity index (χ1) is 13.2. The SMILES string of the molecule is Cc1nc(C(=O)NC2CCCC2)cc(N2CCN(c3ncccn3)CC2)n1. The van der Waals surface area contributed by atoms with Crippen LogP contribution in [-0.4, -0.2) is 58.1 Å². The van der Waals surface area contributed by atoms with E-state index in [0.717, 1.165) is 50.8 Å². The summed E-state index contributed by atoms with van der Waals surface area (Å²) in [6.07, 6.45) is 8.02. The van der Waals surface area contributed by atoms with E-state index in [2.05, 4.69) is 35.1 Å². The molecule has 1 aliphatic carbocycles. The molecule has 2 aromatic rings. The largest absolute Gasteiger partial charge is 0.353 e. The maximum absolute atomic E-state index is 12.6. The van der Waals surface area contributed by atoms with Crippen LogP contribution in [0.3, 0.4) is 0 Å². The number of hydrogen-bond donors (Lipinski definition) is 1. The van der Waals surface area contributed by atoms with Gasteiger partial charge in [-0.05, 0) is 25.8 Å². The molecular weight excluding hydrogens is 342 g/mol. The molecule has 4 rings (SSSR count). The Hall–Kier alpha value is -2.77. The van der Waals surface area contributed by atoms with E-state index in [1.807, 2.05) is 19.1 Å². The fraction of sp³-hybridized carbons (Fsp3) is 0.526. The number of carbonyl (C=O) groups excluding carboxylic acids is 1. The van der Waals surface area contributed by atoms with Crippen molar-refractivity contribution in [3.05, 3.63) is 36.0 Å². The Kier molecular flexibility index (Phi) is 5.13. The highest BCUT2D eigenvalue weighted by Gasteiger charge is 2.23. The fourth-order valence-corrected chi connectivity index (χ4v) is 3.75. The van der Waals surface area contributed by atoms with Crippen LogP contribution in [0.2, 0.25) is 0 Å². The Bertz CT molecular complexity index is 784. The quantitative estimate of drug-likeness (QED) is 0.878. The van der Waals surface area contributed by atoms with Crippen LogP contribution in [0.1, 0.15) is 42.0 Å². The predicted octanol–water partition coefficient (Wildman–Crippen LogP) is 1.57. The van der Waals surface area contributed by atoms with Gasteiger partial charge in [-0.2, -0.15) is 0 Å². The van der Waals surface area contributed by atoms with Crippen LogP contribution in [0.15, 0.2) is 24.5 Å². The van der Waals surface area contributed by atoms with Crippen molar-refractivity contribution in [1.29, 1.82) is 0 Å². The number of carbonyl (C=O) groups is 1. The van der Waals surface area contributed by atoms with Crippen molar-refractivity contribution in [3.8, 4) is 0 Å². The molecule has 1 N–H and O–H groups in total. The van der Waals surface area contributed by atoms with Crippen molar-refractivity contribution in [2.45, 2.75) is 38.6 Å². The number of nitrogens with one attached hydrogen (secondary N) is 1. The van der Waals surface area contributed by atoms with Gasteiger partial charge in [-0.3, -0.25) is 4.79 Å². The summed E-state index contributed by atoms with van der Waals surface area (Å²) in [6.45, 7) is 5.08. The minimum absolute atomic E-state index is 0.0926. The van der Waals surface area contributed by atoms with E-state index in [1.54, 1.807) is 12.4 Å². The first-order valence-corrected chi connectivity index (χ1v) is 9.62. The number of amides is 1. The molecule has 2 aromatic heterocycles. The zero-order chi connectivity index (χ0) is 18.6. The van der Waals surface area contributed by atoms with Crippen LogP contribution in [0.5, 0.6) is 0 Å². The molecule has 0 atom stereocenters. The summed E-state index contributed by atoms with van der Waals surface area (Å²) >= 11 is 0. The maximum Gasteiger partial charge on any atom is 0.270 e. The molecule has 1 aliphatic heterocycles. The zero-order valence-corrected chi connectivity index (χ0v) is 15.6. The molecule has 0 unspecified atom stereocenters. The van der Waals surface area contributed by atoms with Crippen LogP contribution < -0.4 is 15.1 Å². The highest BCUT2D eigenvalue weighted by Crippen LogP contribution is 2.20. The fourth-order valence-electron chi connectivity index (χ4n) is 3.75. The molecule has 8 nitrogen and oxygen atoms in total. The average Bonchev–Trinajstić information content (AvgIpc) is 3.21. The number of nitrogens with zero attached hydrogens (tertiary/aromatic N) is 6. The third-order valence-electron chi connectivity index (χ3n) is 5.19. The molecule has 0 radical (unpaired) electrons. The molecule has 2 aliphatic rings. The van der Waals surface area contributed by atoms with Gasteiger partial charge in [0, 0.05) is 50.7 Å². The molecule has 1 amide bonds. The van der Waals surface area contributed by atoms with Crippen LogP contribution in [0.25, 0.3) is 0 Å². The first-order valence-electron chi connectivity index (χ1n) is 9.62. The molecule has 0 spiro atoms. The summed E-state index contributed by atoms with van der Waals surface area (Å²) in [5, 5.41) is 3.11. The summed E-state index contributed by atoms with van der Waals surface area (Å²) in [6, 6.07) is 3.92. The van der Waals surface area contributed by atoms with Crippen molar-refractivity contribution < 1.29 is 4.79 Å². The molecule has 142 valence electrons. The number of rotatable bonds is 4. The molecule has 1 saturated heterocycles. The van der Waals surface area contributed by atoms with Crippen molar-refractivity contribution in [1.82, 2.24) is 25.3 Å². The lowest BCUT2D eigenvalue weighted by Gasteiger charge is -2.35. The summed E-state index contributed by atoms with van der Waals surface area (Å²) in [5.41, 5.74) is 0.457. The lowest BCUT2D eigenvalue weighted by molar-refractivity contribution is 0.0932. The Morgan fingerprint density at radius 3 is 2.41 bits per heavy atom. The second-order valence-corrected chi connectivity index (χ2v) is 7.14. The van der Waals surface area contributed by atoms with Crippen molar-refractivity contribution in [3.63, 3.8) is 0 Å². The third kappa shape index (κ3) is 4.15. The highest BCUT2D eigenvalue weighted by molar-refractivity contribution is 5.93. The van der Waals surface area contributed by atoms with Crippen LogP contribution in [0, 0.1) is 6.92 Å². The van der Waals surface area contributed by atoms with Crippen LogP contribution >= 0.6 is 0 Å². The van der Waals surface area contributed by atoms with E-state index in [-0.39, 0.29) is 11.9 Å². The summed E-state index contributed by atoms with van der Waals surface area (Å²) in [4.78, 5) is 34.5. The molecule has 0 aromatic carbocycles. The molecule has 1 saturated carbocycles. The molecule has 27 heavy (non-hydrogen) atoms. The Balaban J connectivity index is 1.43. The smallest absolute Gasteiger partial charge is 0.270 e. The van der Waals surface area contributed by atoms with Crippen molar-refractivity contribution in [2.75, 3.05) is 36.0 Å². The van der Waals surface area contributed by atoms with E-state index >= 15 is 0 Å². The van der Waals surface area contributed by atoms with Gasteiger partial charge in [-0.1, -0.05) is 12.8 Å². The van der Waals surface area contributed by atoms with E-state index in [4.69, 9.17) is 0 Å².